The molecule has 2 aromatic rings. The molecule has 0 bridgehead atoms. The summed E-state index contributed by atoms with van der Waals surface area (Å²) in [6, 6.07) is 12.8. The number of nitrogens with one attached hydrogen (secondary N) is 1. The number of benzene rings is 1. The van der Waals surface area contributed by atoms with E-state index >= 15 is 0 Å². The lowest BCUT2D eigenvalue weighted by Crippen LogP contribution is -2.40. The number of primary amides is 1. The third-order valence-electron chi connectivity index (χ3n) is 3.88. The molecule has 1 atom stereocenters. The van der Waals surface area contributed by atoms with Gasteiger partial charge in [0.25, 0.3) is 5.91 Å². The highest BCUT2D eigenvalue weighted by molar-refractivity contribution is 7.98. The molecule has 3 N–H and O–H groups in total. The predicted octanol–water partition coefficient (Wildman–Crippen LogP) is 2.22. The maximum atomic E-state index is 12.4. The lowest BCUT2D eigenvalue weighted by molar-refractivity contribution is -0.119. The normalized spacial score (nSPS) is 16.4. The van der Waals surface area contributed by atoms with Crippen LogP contribution in [-0.4, -0.2) is 35.9 Å². The van der Waals surface area contributed by atoms with Gasteiger partial charge in [0.05, 0.1) is 5.69 Å². The molecule has 2 heterocycles. The zero-order chi connectivity index (χ0) is 18.4. The maximum Gasteiger partial charge on any atom is 0.267 e. The van der Waals surface area contributed by atoms with Gasteiger partial charge in [0.15, 0.2) is 0 Å². The van der Waals surface area contributed by atoms with Crippen LogP contribution in [0.4, 0.5) is 5.69 Å². The van der Waals surface area contributed by atoms with Crippen molar-refractivity contribution in [2.45, 2.75) is 18.2 Å². The number of carbonyl (C=O) groups excluding carboxylic acids is 2. The summed E-state index contributed by atoms with van der Waals surface area (Å²) in [4.78, 5) is 25.4. The summed E-state index contributed by atoms with van der Waals surface area (Å²) in [6.07, 6.45) is 0.221. The SMILES string of the molecule is NC(=O)C1CC(C(=O)NCCSCc2cccs2)=NN1c1ccccc1. The zero-order valence-corrected chi connectivity index (χ0v) is 15.8. The smallest absolute Gasteiger partial charge is 0.267 e. The Morgan fingerprint density at radius 2 is 2.08 bits per heavy atom. The van der Waals surface area contributed by atoms with Gasteiger partial charge in [-0.1, -0.05) is 24.3 Å². The number of anilines is 1. The molecule has 0 aliphatic carbocycles. The van der Waals surface area contributed by atoms with Gasteiger partial charge in [-0.05, 0) is 23.6 Å². The molecule has 136 valence electrons. The fraction of sp³-hybridized carbons (Fsp3) is 0.278. The number of rotatable bonds is 8. The van der Waals surface area contributed by atoms with E-state index in [2.05, 4.69) is 21.9 Å². The molecule has 1 unspecified atom stereocenters. The first-order chi connectivity index (χ1) is 12.6. The Labute approximate surface area is 160 Å². The van der Waals surface area contributed by atoms with E-state index in [9.17, 15) is 9.59 Å². The van der Waals surface area contributed by atoms with Crippen LogP contribution in [0, 0.1) is 0 Å². The largest absolute Gasteiger partial charge is 0.368 e. The topological polar surface area (TPSA) is 87.8 Å². The molecule has 0 radical (unpaired) electrons. The van der Waals surface area contributed by atoms with Crippen molar-refractivity contribution in [1.82, 2.24) is 5.32 Å². The molecule has 1 aliphatic heterocycles. The molecule has 2 amide bonds. The lowest BCUT2D eigenvalue weighted by atomic mass is 10.1. The molecule has 0 saturated carbocycles. The number of para-hydroxylation sites is 1. The molecule has 6 nitrogen and oxygen atoms in total. The van der Waals surface area contributed by atoms with Crippen LogP contribution >= 0.6 is 23.1 Å². The monoisotopic (exact) mass is 388 g/mol. The Balaban J connectivity index is 1.52. The van der Waals surface area contributed by atoms with Crippen LogP contribution in [0.1, 0.15) is 11.3 Å². The minimum Gasteiger partial charge on any atom is -0.368 e. The van der Waals surface area contributed by atoms with E-state index in [1.54, 1.807) is 23.1 Å². The fourth-order valence-corrected chi connectivity index (χ4v) is 4.29. The van der Waals surface area contributed by atoms with Gasteiger partial charge in [0.2, 0.25) is 5.91 Å². The summed E-state index contributed by atoms with van der Waals surface area (Å²) in [5.74, 6) is 1.02. The predicted molar refractivity (Wildman–Crippen MR) is 107 cm³/mol. The average molecular weight is 389 g/mol. The van der Waals surface area contributed by atoms with Gasteiger partial charge in [-0.3, -0.25) is 14.6 Å². The van der Waals surface area contributed by atoms with Gasteiger partial charge < -0.3 is 11.1 Å². The number of thioether (sulfide) groups is 1. The van der Waals surface area contributed by atoms with Crippen LogP contribution in [0.15, 0.2) is 52.9 Å². The molecular weight excluding hydrogens is 368 g/mol. The van der Waals surface area contributed by atoms with Crippen LogP contribution in [0.25, 0.3) is 0 Å². The summed E-state index contributed by atoms with van der Waals surface area (Å²) in [5, 5.41) is 10.8. The lowest BCUT2D eigenvalue weighted by Gasteiger charge is -2.20. The van der Waals surface area contributed by atoms with Crippen molar-refractivity contribution in [1.29, 1.82) is 0 Å². The third kappa shape index (κ3) is 4.64. The van der Waals surface area contributed by atoms with E-state index < -0.39 is 11.9 Å². The Kier molecular flexibility index (Phi) is 6.30. The minimum absolute atomic E-state index is 0.221. The molecule has 1 aliphatic rings. The third-order valence-corrected chi connectivity index (χ3v) is 5.95. The molecule has 0 fully saturated rings. The van der Waals surface area contributed by atoms with Crippen molar-refractivity contribution in [3.05, 3.63) is 52.7 Å². The van der Waals surface area contributed by atoms with Gasteiger partial charge in [0.1, 0.15) is 11.8 Å². The van der Waals surface area contributed by atoms with Crippen molar-refractivity contribution in [2.24, 2.45) is 10.8 Å². The van der Waals surface area contributed by atoms with Crippen LogP contribution < -0.4 is 16.1 Å². The Hall–Kier alpha value is -2.32. The van der Waals surface area contributed by atoms with Crippen LogP contribution in [0.3, 0.4) is 0 Å². The van der Waals surface area contributed by atoms with Crippen molar-refractivity contribution in [3.63, 3.8) is 0 Å². The summed E-state index contributed by atoms with van der Waals surface area (Å²) in [7, 11) is 0. The van der Waals surface area contributed by atoms with E-state index in [1.165, 1.54) is 9.89 Å². The van der Waals surface area contributed by atoms with Gasteiger partial charge in [-0.25, -0.2) is 0 Å². The summed E-state index contributed by atoms with van der Waals surface area (Å²) < 4.78 is 0. The Morgan fingerprint density at radius 3 is 2.77 bits per heavy atom. The number of hydrogen-bond donors (Lipinski definition) is 2. The van der Waals surface area contributed by atoms with E-state index in [0.717, 1.165) is 17.2 Å². The second-order valence-corrected chi connectivity index (χ2v) is 7.87. The molecule has 0 saturated heterocycles. The quantitative estimate of drug-likeness (QED) is 0.679. The number of hydrogen-bond acceptors (Lipinski definition) is 6. The van der Waals surface area contributed by atoms with Gasteiger partial charge >= 0.3 is 0 Å². The van der Waals surface area contributed by atoms with Crippen molar-refractivity contribution in [3.8, 4) is 0 Å². The highest BCUT2D eigenvalue weighted by atomic mass is 32.2. The first kappa shape index (κ1) is 18.5. The maximum absolute atomic E-state index is 12.4. The van der Waals surface area contributed by atoms with E-state index in [0.29, 0.717) is 12.3 Å². The molecule has 0 spiro atoms. The van der Waals surface area contributed by atoms with Gasteiger partial charge in [-0.15, -0.1) is 11.3 Å². The molecule has 1 aromatic heterocycles. The highest BCUT2D eigenvalue weighted by Crippen LogP contribution is 2.24. The summed E-state index contributed by atoms with van der Waals surface area (Å²) in [6.45, 7) is 0.556. The Bertz CT molecular complexity index is 778. The molecule has 8 heteroatoms. The molecule has 1 aromatic carbocycles. The Morgan fingerprint density at radius 1 is 1.27 bits per heavy atom. The van der Waals surface area contributed by atoms with E-state index in [1.807, 2.05) is 36.4 Å². The number of nitrogens with zero attached hydrogens (tertiary/aromatic N) is 2. The van der Waals surface area contributed by atoms with Crippen molar-refractivity contribution < 1.29 is 9.59 Å². The second-order valence-electron chi connectivity index (χ2n) is 5.74. The van der Waals surface area contributed by atoms with Gasteiger partial charge in [-0.2, -0.15) is 16.9 Å². The first-order valence-corrected chi connectivity index (χ1v) is 10.3. The number of nitrogens with two attached hydrogens (primary N) is 1. The van der Waals surface area contributed by atoms with Crippen molar-refractivity contribution >= 4 is 46.3 Å². The summed E-state index contributed by atoms with van der Waals surface area (Å²) in [5.41, 5.74) is 6.56. The number of hydrazone groups is 1. The summed E-state index contributed by atoms with van der Waals surface area (Å²) >= 11 is 3.50. The molecule has 26 heavy (non-hydrogen) atoms. The first-order valence-electron chi connectivity index (χ1n) is 8.24. The van der Waals surface area contributed by atoms with E-state index in [4.69, 9.17) is 5.73 Å². The second kappa shape index (κ2) is 8.86. The van der Waals surface area contributed by atoms with Crippen LogP contribution in [0.5, 0.6) is 0 Å². The number of amides is 2. The molecule has 3 rings (SSSR count). The fourth-order valence-electron chi connectivity index (χ4n) is 2.59. The van der Waals surface area contributed by atoms with Crippen molar-refractivity contribution in [2.75, 3.05) is 17.3 Å². The van der Waals surface area contributed by atoms with Crippen LogP contribution in [0.2, 0.25) is 0 Å². The van der Waals surface area contributed by atoms with E-state index in [-0.39, 0.29) is 12.3 Å². The highest BCUT2D eigenvalue weighted by Gasteiger charge is 2.34. The van der Waals surface area contributed by atoms with Crippen LogP contribution in [-0.2, 0) is 15.3 Å². The van der Waals surface area contributed by atoms with Gasteiger partial charge in [0, 0.05) is 29.3 Å². The number of carbonyl (C=O) groups is 2. The minimum atomic E-state index is -0.633. The average Bonchev–Trinajstić information content (AvgIpc) is 3.32. The zero-order valence-electron chi connectivity index (χ0n) is 14.1. The number of thiophene rings is 1. The molecular formula is C18H20N4O2S2. The standard InChI is InChI=1S/C18H20N4O2S2/c19-17(23)16-11-15(21-22(16)13-5-2-1-3-6-13)18(24)20-8-10-25-12-14-7-4-9-26-14/h1-7,9,16H,8,10-12H2,(H2,19,23)(H,20,24).